The van der Waals surface area contributed by atoms with Crippen LogP contribution in [-0.4, -0.2) is 11.6 Å². The van der Waals surface area contributed by atoms with Crippen molar-refractivity contribution >= 4 is 17.7 Å². The fourth-order valence-corrected chi connectivity index (χ4v) is 2.38. The molecule has 0 radical (unpaired) electrons. The van der Waals surface area contributed by atoms with E-state index in [9.17, 15) is 4.79 Å². The first-order chi connectivity index (χ1) is 7.14. The molecule has 0 heterocycles. The van der Waals surface area contributed by atoms with E-state index >= 15 is 0 Å². The third-order valence-corrected chi connectivity index (χ3v) is 3.38. The van der Waals surface area contributed by atoms with Gasteiger partial charge in [-0.2, -0.15) is 4.99 Å². The minimum Gasteiger partial charge on any atom is -0.211 e. The van der Waals surface area contributed by atoms with Gasteiger partial charge in [0.1, 0.15) is 0 Å². The van der Waals surface area contributed by atoms with Crippen molar-refractivity contribution in [3.05, 3.63) is 34.3 Å². The van der Waals surface area contributed by atoms with Crippen LogP contribution in [-0.2, 0) is 17.6 Å². The molecule has 0 fully saturated rings. The first kappa shape index (κ1) is 10.4. The van der Waals surface area contributed by atoms with Crippen LogP contribution in [0.2, 0.25) is 5.02 Å². The summed E-state index contributed by atoms with van der Waals surface area (Å²) in [7, 11) is 0. The Bertz CT molecular complexity index is 437. The van der Waals surface area contributed by atoms with Gasteiger partial charge in [0.2, 0.25) is 6.08 Å². The molecule has 2 rings (SSSR count). The summed E-state index contributed by atoms with van der Waals surface area (Å²) in [6.45, 7) is 1.98. The molecule has 1 aliphatic carbocycles. The van der Waals surface area contributed by atoms with Crippen LogP contribution in [0.3, 0.4) is 0 Å². The smallest absolute Gasteiger partial charge is 0.211 e. The highest BCUT2D eigenvalue weighted by Gasteiger charge is 2.30. The average Bonchev–Trinajstić information content (AvgIpc) is 2.20. The number of hydrogen-bond donors (Lipinski definition) is 0. The number of aliphatic imine (C=N–C) groups is 1. The quantitative estimate of drug-likeness (QED) is 0.530. The maximum Gasteiger partial charge on any atom is 0.235 e. The Morgan fingerprint density at radius 2 is 2.33 bits per heavy atom. The molecule has 1 unspecified atom stereocenters. The highest BCUT2D eigenvalue weighted by atomic mass is 35.5. The van der Waals surface area contributed by atoms with Gasteiger partial charge in [0.05, 0.1) is 5.54 Å². The largest absolute Gasteiger partial charge is 0.235 e. The van der Waals surface area contributed by atoms with Gasteiger partial charge in [-0.1, -0.05) is 23.7 Å². The van der Waals surface area contributed by atoms with Crippen LogP contribution in [0, 0.1) is 0 Å². The summed E-state index contributed by atoms with van der Waals surface area (Å²) in [5.41, 5.74) is 2.09. The number of carbonyl (C=O) groups excluding carboxylic acids is 1. The van der Waals surface area contributed by atoms with Crippen molar-refractivity contribution in [1.29, 1.82) is 0 Å². The Morgan fingerprint density at radius 3 is 3.07 bits per heavy atom. The maximum atomic E-state index is 10.4. The van der Waals surface area contributed by atoms with E-state index in [0.29, 0.717) is 0 Å². The van der Waals surface area contributed by atoms with Crippen LogP contribution >= 0.6 is 11.6 Å². The molecule has 0 amide bonds. The van der Waals surface area contributed by atoms with E-state index in [4.69, 9.17) is 11.6 Å². The van der Waals surface area contributed by atoms with E-state index < -0.39 is 0 Å². The second kappa shape index (κ2) is 3.80. The molecule has 1 aromatic rings. The lowest BCUT2D eigenvalue weighted by molar-refractivity contribution is 0.408. The van der Waals surface area contributed by atoms with E-state index in [-0.39, 0.29) is 5.54 Å². The Hall–Kier alpha value is -1.11. The number of hydrogen-bond acceptors (Lipinski definition) is 2. The normalized spacial score (nSPS) is 24.1. The highest BCUT2D eigenvalue weighted by Crippen LogP contribution is 2.34. The van der Waals surface area contributed by atoms with Crippen LogP contribution < -0.4 is 0 Å². The molecule has 2 nitrogen and oxygen atoms in total. The summed E-state index contributed by atoms with van der Waals surface area (Å²) in [4.78, 5) is 14.2. The third-order valence-electron chi connectivity index (χ3n) is 3.02. The second-order valence-corrected chi connectivity index (χ2v) is 4.66. The van der Waals surface area contributed by atoms with E-state index in [1.54, 1.807) is 6.08 Å². The molecule has 0 aliphatic heterocycles. The summed E-state index contributed by atoms with van der Waals surface area (Å²) in [6, 6.07) is 5.94. The van der Waals surface area contributed by atoms with Crippen molar-refractivity contribution in [2.75, 3.05) is 0 Å². The van der Waals surface area contributed by atoms with Crippen molar-refractivity contribution in [2.45, 2.75) is 31.7 Å². The molecule has 15 heavy (non-hydrogen) atoms. The van der Waals surface area contributed by atoms with Gasteiger partial charge in [0.15, 0.2) is 0 Å². The Morgan fingerprint density at radius 1 is 1.53 bits per heavy atom. The summed E-state index contributed by atoms with van der Waals surface area (Å²) in [5, 5.41) is 0.777. The number of nitrogens with zero attached hydrogens (tertiary/aromatic N) is 1. The lowest BCUT2D eigenvalue weighted by atomic mass is 9.80. The lowest BCUT2D eigenvalue weighted by Gasteiger charge is -2.30. The topological polar surface area (TPSA) is 29.4 Å². The zero-order valence-electron chi connectivity index (χ0n) is 8.59. The van der Waals surface area contributed by atoms with E-state index in [0.717, 1.165) is 29.8 Å². The standard InChI is InChI=1S/C12H12ClNO/c1-12(14-8-15)6-5-9-3-2-4-11(13)10(9)7-12/h2-4H,5-7H2,1H3. The van der Waals surface area contributed by atoms with Crippen molar-refractivity contribution in [3.63, 3.8) is 0 Å². The third kappa shape index (κ3) is 1.97. The first-order valence-electron chi connectivity index (χ1n) is 5.00. The van der Waals surface area contributed by atoms with Gasteiger partial charge in [-0.25, -0.2) is 4.79 Å². The molecule has 0 saturated heterocycles. The molecule has 0 saturated carbocycles. The SMILES string of the molecule is CC1(N=C=O)CCc2cccc(Cl)c2C1. The first-order valence-corrected chi connectivity index (χ1v) is 5.38. The molecule has 1 aromatic carbocycles. The zero-order chi connectivity index (χ0) is 10.9. The number of halogens is 1. The Labute approximate surface area is 94.0 Å². The minimum absolute atomic E-state index is 0.320. The predicted octanol–water partition coefficient (Wildman–Crippen LogP) is 2.92. The number of isocyanates is 1. The van der Waals surface area contributed by atoms with Gasteiger partial charge in [-0.15, -0.1) is 0 Å². The molecule has 3 heteroatoms. The summed E-state index contributed by atoms with van der Waals surface area (Å²) in [6.07, 6.45) is 4.21. The second-order valence-electron chi connectivity index (χ2n) is 4.25. The van der Waals surface area contributed by atoms with Crippen LogP contribution in [0.5, 0.6) is 0 Å². The summed E-state index contributed by atoms with van der Waals surface area (Å²) >= 11 is 6.13. The molecule has 0 aromatic heterocycles. The van der Waals surface area contributed by atoms with Crippen LogP contribution in [0.25, 0.3) is 0 Å². The minimum atomic E-state index is -0.320. The van der Waals surface area contributed by atoms with Gasteiger partial charge >= 0.3 is 0 Å². The molecular formula is C12H12ClNO. The fraction of sp³-hybridized carbons (Fsp3) is 0.417. The van der Waals surface area contributed by atoms with E-state index in [1.807, 2.05) is 19.1 Å². The summed E-state index contributed by atoms with van der Waals surface area (Å²) in [5.74, 6) is 0. The molecule has 0 N–H and O–H groups in total. The van der Waals surface area contributed by atoms with Crippen molar-refractivity contribution in [1.82, 2.24) is 0 Å². The van der Waals surface area contributed by atoms with Crippen molar-refractivity contribution in [2.24, 2.45) is 4.99 Å². The van der Waals surface area contributed by atoms with Crippen molar-refractivity contribution < 1.29 is 4.79 Å². The number of fused-ring (bicyclic) bond motifs is 1. The van der Waals surface area contributed by atoms with Gasteiger partial charge in [0, 0.05) is 5.02 Å². The van der Waals surface area contributed by atoms with Gasteiger partial charge in [-0.05, 0) is 43.4 Å². The van der Waals surface area contributed by atoms with Crippen LogP contribution in [0.15, 0.2) is 23.2 Å². The van der Waals surface area contributed by atoms with Crippen LogP contribution in [0.4, 0.5) is 0 Å². The van der Waals surface area contributed by atoms with Crippen molar-refractivity contribution in [3.8, 4) is 0 Å². The van der Waals surface area contributed by atoms with E-state index in [1.165, 1.54) is 5.56 Å². The lowest BCUT2D eigenvalue weighted by Crippen LogP contribution is -2.30. The number of benzene rings is 1. The molecule has 0 bridgehead atoms. The fourth-order valence-electron chi connectivity index (χ4n) is 2.11. The van der Waals surface area contributed by atoms with Crippen LogP contribution in [0.1, 0.15) is 24.5 Å². The zero-order valence-corrected chi connectivity index (χ0v) is 9.34. The highest BCUT2D eigenvalue weighted by molar-refractivity contribution is 6.31. The average molecular weight is 222 g/mol. The number of aryl methyl sites for hydroxylation is 1. The monoisotopic (exact) mass is 221 g/mol. The Balaban J connectivity index is 2.41. The van der Waals surface area contributed by atoms with Gasteiger partial charge in [0.25, 0.3) is 0 Å². The molecule has 1 aliphatic rings. The molecule has 1 atom stereocenters. The maximum absolute atomic E-state index is 10.4. The predicted molar refractivity (Wildman–Crippen MR) is 60.0 cm³/mol. The summed E-state index contributed by atoms with van der Waals surface area (Å²) < 4.78 is 0. The Kier molecular flexibility index (Phi) is 2.64. The number of rotatable bonds is 1. The molecule has 78 valence electrons. The molecular weight excluding hydrogens is 210 g/mol. The van der Waals surface area contributed by atoms with E-state index in [2.05, 4.69) is 11.1 Å². The molecule has 0 spiro atoms. The van der Waals surface area contributed by atoms with Gasteiger partial charge < -0.3 is 0 Å². The van der Waals surface area contributed by atoms with Gasteiger partial charge in [-0.3, -0.25) is 0 Å².